The number of hydrogen-bond donors (Lipinski definition) is 2. The molecule has 1 saturated heterocycles. The van der Waals surface area contributed by atoms with Gasteiger partial charge in [-0.05, 0) is 6.07 Å². The van der Waals surface area contributed by atoms with Crippen molar-refractivity contribution in [3.8, 4) is 0 Å². The molecular weight excluding hydrogens is 265 g/mol. The number of alkyl halides is 2. The van der Waals surface area contributed by atoms with E-state index in [-0.39, 0.29) is 12.2 Å². The molecule has 0 saturated carbocycles. The van der Waals surface area contributed by atoms with E-state index in [0.29, 0.717) is 0 Å². The fraction of sp³-hybridized carbons (Fsp3) is 0.600. The van der Waals surface area contributed by atoms with Crippen LogP contribution in [0.25, 0.3) is 0 Å². The zero-order chi connectivity index (χ0) is 13.3. The smallest absolute Gasteiger partial charge is 0.351 e. The molecule has 0 radical (unpaired) electrons. The van der Waals surface area contributed by atoms with Crippen molar-refractivity contribution in [3.63, 3.8) is 0 Å². The van der Waals surface area contributed by atoms with Crippen LogP contribution in [0.1, 0.15) is 12.6 Å². The maximum absolute atomic E-state index is 12.9. The minimum atomic E-state index is -1.35. The number of nitrogens with zero attached hydrogens (tertiary/aromatic N) is 2. The average Bonchev–Trinajstić information content (AvgIpc) is 2.67. The van der Waals surface area contributed by atoms with Crippen molar-refractivity contribution in [2.24, 2.45) is 0 Å². The maximum atomic E-state index is 12.9. The molecule has 8 heteroatoms. The van der Waals surface area contributed by atoms with Gasteiger partial charge < -0.3 is 15.6 Å². The lowest BCUT2D eigenvalue weighted by Crippen LogP contribution is -2.37. The first-order valence-corrected chi connectivity index (χ1v) is 5.78. The van der Waals surface area contributed by atoms with Crippen LogP contribution in [0.15, 0.2) is 17.1 Å². The van der Waals surface area contributed by atoms with Crippen LogP contribution in [0.2, 0.25) is 0 Å². The molecule has 0 amide bonds. The topological polar surface area (TPSA) is 90.4 Å². The second-order valence-electron chi connectivity index (χ2n) is 4.25. The van der Waals surface area contributed by atoms with Gasteiger partial charge >= 0.3 is 5.69 Å². The lowest BCUT2D eigenvalue weighted by molar-refractivity contribution is -0.109. The van der Waals surface area contributed by atoms with E-state index in [1.54, 1.807) is 0 Å². The normalized spacial score (nSPS) is 31.7. The van der Waals surface area contributed by atoms with Gasteiger partial charge in [-0.3, -0.25) is 4.57 Å². The number of aliphatic hydroxyl groups is 1. The van der Waals surface area contributed by atoms with Crippen molar-refractivity contribution in [2.75, 3.05) is 19.0 Å². The van der Waals surface area contributed by atoms with Crippen LogP contribution in [0, 0.1) is 0 Å². The van der Waals surface area contributed by atoms with E-state index in [2.05, 4.69) is 4.98 Å². The van der Waals surface area contributed by atoms with E-state index < -0.39 is 36.2 Å². The van der Waals surface area contributed by atoms with Crippen LogP contribution in [0.5, 0.6) is 0 Å². The first-order chi connectivity index (χ1) is 8.51. The summed E-state index contributed by atoms with van der Waals surface area (Å²) in [5.41, 5.74) is 3.39. The van der Waals surface area contributed by atoms with Gasteiger partial charge in [-0.25, -0.2) is 9.18 Å². The predicted molar refractivity (Wildman–Crippen MR) is 63.1 cm³/mol. The molecule has 1 aromatic heterocycles. The highest BCUT2D eigenvalue weighted by Crippen LogP contribution is 2.39. The third-order valence-corrected chi connectivity index (χ3v) is 3.27. The van der Waals surface area contributed by atoms with Crippen LogP contribution in [0.3, 0.4) is 0 Å². The Bertz CT molecular complexity index is 492. The summed E-state index contributed by atoms with van der Waals surface area (Å²) in [4.78, 5) is 15.2. The summed E-state index contributed by atoms with van der Waals surface area (Å²) < 4.78 is 19.4. The number of anilines is 1. The molecule has 100 valence electrons. The third kappa shape index (κ3) is 2.21. The number of nitrogen functional groups attached to an aromatic ring is 1. The SMILES string of the molecule is Nc1ccn([C@H]2O[C@@](CO)(CF)C[C@H]2Cl)c(=O)n1. The molecule has 2 heterocycles. The molecule has 1 aromatic rings. The summed E-state index contributed by atoms with van der Waals surface area (Å²) >= 11 is 6.04. The summed E-state index contributed by atoms with van der Waals surface area (Å²) in [5, 5.41) is 8.54. The largest absolute Gasteiger partial charge is 0.393 e. The van der Waals surface area contributed by atoms with E-state index in [0.717, 1.165) is 4.57 Å². The number of aromatic nitrogens is 2. The minimum absolute atomic E-state index is 0.0827. The summed E-state index contributed by atoms with van der Waals surface area (Å²) in [5.74, 6) is 0.0827. The van der Waals surface area contributed by atoms with Crippen molar-refractivity contribution in [3.05, 3.63) is 22.7 Å². The highest BCUT2D eigenvalue weighted by Gasteiger charge is 2.47. The summed E-state index contributed by atoms with van der Waals surface area (Å²) in [6.45, 7) is -1.37. The van der Waals surface area contributed by atoms with Crippen LogP contribution in [-0.2, 0) is 4.74 Å². The van der Waals surface area contributed by atoms with Gasteiger partial charge in [-0.1, -0.05) is 0 Å². The molecule has 2 rings (SSSR count). The molecule has 6 nitrogen and oxygen atoms in total. The zero-order valence-electron chi connectivity index (χ0n) is 9.42. The number of rotatable bonds is 3. The van der Waals surface area contributed by atoms with E-state index in [1.807, 2.05) is 0 Å². The molecule has 0 unspecified atom stereocenters. The molecular formula is C10H13ClFN3O3. The average molecular weight is 278 g/mol. The van der Waals surface area contributed by atoms with Crippen molar-refractivity contribution in [1.29, 1.82) is 0 Å². The molecule has 18 heavy (non-hydrogen) atoms. The minimum Gasteiger partial charge on any atom is -0.393 e. The van der Waals surface area contributed by atoms with Gasteiger partial charge in [-0.2, -0.15) is 4.98 Å². The number of ether oxygens (including phenoxy) is 1. The number of hydrogen-bond acceptors (Lipinski definition) is 5. The standard InChI is InChI=1S/C10H13ClFN3O3/c11-6-3-10(4-12,5-16)18-8(6)15-2-1-7(13)14-9(15)17/h1-2,6,8,16H,3-5H2,(H2,13,14,17)/t6-,8+,10-/m1/s1. The Hall–Kier alpha value is -1.18. The first kappa shape index (κ1) is 13.3. The Kier molecular flexibility index (Phi) is 3.56. The van der Waals surface area contributed by atoms with E-state index in [1.165, 1.54) is 12.3 Å². The van der Waals surface area contributed by atoms with Crippen LogP contribution in [-0.4, -0.2) is 38.9 Å². The Morgan fingerprint density at radius 1 is 1.78 bits per heavy atom. The Morgan fingerprint density at radius 3 is 3.00 bits per heavy atom. The van der Waals surface area contributed by atoms with Crippen molar-refractivity contribution < 1.29 is 14.2 Å². The summed E-state index contributed by atoms with van der Waals surface area (Å²) in [7, 11) is 0. The van der Waals surface area contributed by atoms with Crippen LogP contribution < -0.4 is 11.4 Å². The first-order valence-electron chi connectivity index (χ1n) is 5.35. The lowest BCUT2D eigenvalue weighted by Gasteiger charge is -2.23. The Morgan fingerprint density at radius 2 is 2.50 bits per heavy atom. The second-order valence-corrected chi connectivity index (χ2v) is 4.81. The van der Waals surface area contributed by atoms with Gasteiger partial charge in [0, 0.05) is 12.6 Å². The summed E-state index contributed by atoms with van der Waals surface area (Å²) in [6.07, 6.45) is 0.634. The molecule has 3 N–H and O–H groups in total. The van der Waals surface area contributed by atoms with Crippen LogP contribution >= 0.6 is 11.6 Å². The van der Waals surface area contributed by atoms with Crippen molar-refractivity contribution in [2.45, 2.75) is 23.6 Å². The molecule has 1 aliphatic rings. The van der Waals surface area contributed by atoms with Crippen LogP contribution in [0.4, 0.5) is 10.2 Å². The third-order valence-electron chi connectivity index (χ3n) is 2.90. The fourth-order valence-electron chi connectivity index (χ4n) is 1.92. The fourth-order valence-corrected chi connectivity index (χ4v) is 2.37. The molecule has 1 fully saturated rings. The summed E-state index contributed by atoms with van der Waals surface area (Å²) in [6, 6.07) is 1.42. The van der Waals surface area contributed by atoms with Gasteiger partial charge in [0.25, 0.3) is 0 Å². The molecule has 0 spiro atoms. The quantitative estimate of drug-likeness (QED) is 0.762. The predicted octanol–water partition coefficient (Wildman–Crippen LogP) is 0.0524. The van der Waals surface area contributed by atoms with Gasteiger partial charge in [0.15, 0.2) is 6.23 Å². The number of nitrogens with two attached hydrogens (primary N) is 1. The van der Waals surface area contributed by atoms with Crippen molar-refractivity contribution in [1.82, 2.24) is 9.55 Å². The van der Waals surface area contributed by atoms with Gasteiger partial charge in [0.1, 0.15) is 18.1 Å². The maximum Gasteiger partial charge on any atom is 0.351 e. The molecule has 3 atom stereocenters. The monoisotopic (exact) mass is 277 g/mol. The Labute approximate surface area is 107 Å². The lowest BCUT2D eigenvalue weighted by atomic mass is 10.0. The zero-order valence-corrected chi connectivity index (χ0v) is 10.2. The number of halogens is 2. The molecule has 0 bridgehead atoms. The second kappa shape index (κ2) is 4.83. The van der Waals surface area contributed by atoms with E-state index in [9.17, 15) is 9.18 Å². The van der Waals surface area contributed by atoms with Gasteiger partial charge in [-0.15, -0.1) is 11.6 Å². The molecule has 1 aliphatic heterocycles. The number of aliphatic hydroxyl groups excluding tert-OH is 1. The van der Waals surface area contributed by atoms with E-state index >= 15 is 0 Å². The van der Waals surface area contributed by atoms with Gasteiger partial charge in [0.05, 0.1) is 12.0 Å². The Balaban J connectivity index is 2.32. The van der Waals surface area contributed by atoms with Crippen molar-refractivity contribution >= 4 is 17.4 Å². The highest BCUT2D eigenvalue weighted by molar-refractivity contribution is 6.21. The molecule has 0 aromatic carbocycles. The van der Waals surface area contributed by atoms with E-state index in [4.69, 9.17) is 27.2 Å². The van der Waals surface area contributed by atoms with Gasteiger partial charge in [0.2, 0.25) is 0 Å². The highest BCUT2D eigenvalue weighted by atomic mass is 35.5. The molecule has 0 aliphatic carbocycles.